The Labute approximate surface area is 148 Å². The van der Waals surface area contributed by atoms with Crippen molar-refractivity contribution in [3.63, 3.8) is 0 Å². The van der Waals surface area contributed by atoms with Gasteiger partial charge in [-0.25, -0.2) is 4.98 Å². The van der Waals surface area contributed by atoms with Gasteiger partial charge in [0.2, 0.25) is 5.91 Å². The lowest BCUT2D eigenvalue weighted by atomic mass is 9.87. The standard InChI is InChI=1S/C19H29N3OS/c23-18(15-12-19(15)7-10-20-11-8-19)21-9-6-17-22-16(13-24-17)14-4-2-1-3-5-14/h13-15,20H,1-12H2,(H,21,23). The van der Waals surface area contributed by atoms with Crippen molar-refractivity contribution in [1.82, 2.24) is 15.6 Å². The lowest BCUT2D eigenvalue weighted by Crippen LogP contribution is -2.34. The second-order valence-corrected chi connectivity index (χ2v) is 8.85. The monoisotopic (exact) mass is 347 g/mol. The van der Waals surface area contributed by atoms with Gasteiger partial charge in [0, 0.05) is 30.2 Å². The molecule has 24 heavy (non-hydrogen) atoms. The summed E-state index contributed by atoms with van der Waals surface area (Å²) in [4.78, 5) is 17.2. The molecule has 1 aliphatic heterocycles. The van der Waals surface area contributed by atoms with Crippen molar-refractivity contribution < 1.29 is 4.79 Å². The predicted octanol–water partition coefficient (Wildman–Crippen LogP) is 3.24. The second-order valence-electron chi connectivity index (χ2n) is 7.91. The zero-order valence-electron chi connectivity index (χ0n) is 14.5. The SMILES string of the molecule is O=C(NCCc1nc(C2CCCCC2)cs1)C1CC12CCNCC2. The number of amides is 1. The number of aromatic nitrogens is 1. The number of carbonyl (C=O) groups is 1. The van der Waals surface area contributed by atoms with Crippen molar-refractivity contribution in [2.45, 2.75) is 63.7 Å². The number of piperidine rings is 1. The van der Waals surface area contributed by atoms with Crippen molar-refractivity contribution in [1.29, 1.82) is 0 Å². The number of nitrogens with one attached hydrogen (secondary N) is 2. The van der Waals surface area contributed by atoms with Crippen LogP contribution >= 0.6 is 11.3 Å². The summed E-state index contributed by atoms with van der Waals surface area (Å²) in [6.07, 6.45) is 11.0. The number of thiazole rings is 1. The molecule has 0 bridgehead atoms. The average Bonchev–Trinajstić information content (AvgIpc) is 3.10. The van der Waals surface area contributed by atoms with E-state index in [1.165, 1.54) is 55.6 Å². The molecule has 2 saturated carbocycles. The molecule has 2 aliphatic carbocycles. The quantitative estimate of drug-likeness (QED) is 0.860. The maximum atomic E-state index is 12.4. The lowest BCUT2D eigenvalue weighted by Gasteiger charge is -2.23. The van der Waals surface area contributed by atoms with E-state index in [1.807, 2.05) is 0 Å². The van der Waals surface area contributed by atoms with Gasteiger partial charge in [-0.15, -0.1) is 11.3 Å². The Kier molecular flexibility index (Phi) is 4.90. The van der Waals surface area contributed by atoms with Crippen molar-refractivity contribution in [2.24, 2.45) is 11.3 Å². The molecule has 132 valence electrons. The molecule has 3 fully saturated rings. The fourth-order valence-corrected chi connectivity index (χ4v) is 5.52. The highest BCUT2D eigenvalue weighted by Gasteiger charge is 2.57. The van der Waals surface area contributed by atoms with Crippen LogP contribution < -0.4 is 10.6 Å². The van der Waals surface area contributed by atoms with Gasteiger partial charge < -0.3 is 10.6 Å². The van der Waals surface area contributed by atoms with E-state index in [9.17, 15) is 4.79 Å². The smallest absolute Gasteiger partial charge is 0.223 e. The predicted molar refractivity (Wildman–Crippen MR) is 97.3 cm³/mol. The number of rotatable bonds is 5. The molecule has 2 N–H and O–H groups in total. The van der Waals surface area contributed by atoms with Gasteiger partial charge in [-0.3, -0.25) is 4.79 Å². The number of carbonyl (C=O) groups excluding carboxylic acids is 1. The Morgan fingerprint density at radius 3 is 2.88 bits per heavy atom. The maximum absolute atomic E-state index is 12.4. The molecule has 4 nitrogen and oxygen atoms in total. The summed E-state index contributed by atoms with van der Waals surface area (Å²) in [7, 11) is 0. The molecule has 4 rings (SSSR count). The highest BCUT2D eigenvalue weighted by Crippen LogP contribution is 2.58. The van der Waals surface area contributed by atoms with E-state index in [4.69, 9.17) is 4.98 Å². The third-order valence-electron chi connectivity index (χ3n) is 6.34. The van der Waals surface area contributed by atoms with E-state index in [1.54, 1.807) is 11.3 Å². The van der Waals surface area contributed by atoms with Crippen LogP contribution in [0.15, 0.2) is 5.38 Å². The van der Waals surface area contributed by atoms with E-state index in [-0.39, 0.29) is 11.8 Å². The van der Waals surface area contributed by atoms with Crippen LogP contribution in [0.3, 0.4) is 0 Å². The van der Waals surface area contributed by atoms with Gasteiger partial charge in [0.05, 0.1) is 10.7 Å². The third kappa shape index (κ3) is 3.52. The average molecular weight is 348 g/mol. The summed E-state index contributed by atoms with van der Waals surface area (Å²) in [6.45, 7) is 2.89. The number of hydrogen-bond acceptors (Lipinski definition) is 4. The van der Waals surface area contributed by atoms with Crippen molar-refractivity contribution in [3.8, 4) is 0 Å². The molecule has 5 heteroatoms. The molecule has 0 radical (unpaired) electrons. The van der Waals surface area contributed by atoms with Gasteiger partial charge in [0.15, 0.2) is 0 Å². The summed E-state index contributed by atoms with van der Waals surface area (Å²) >= 11 is 1.77. The zero-order chi connectivity index (χ0) is 16.4. The molecular weight excluding hydrogens is 318 g/mol. The molecule has 3 aliphatic rings. The zero-order valence-corrected chi connectivity index (χ0v) is 15.3. The molecule has 0 aromatic carbocycles. The Morgan fingerprint density at radius 2 is 2.08 bits per heavy atom. The first-order valence-corrected chi connectivity index (χ1v) is 10.6. The van der Waals surface area contributed by atoms with Gasteiger partial charge in [-0.1, -0.05) is 19.3 Å². The summed E-state index contributed by atoms with van der Waals surface area (Å²) in [6, 6.07) is 0. The van der Waals surface area contributed by atoms with Crippen LogP contribution in [-0.2, 0) is 11.2 Å². The number of hydrogen-bond donors (Lipinski definition) is 2. The van der Waals surface area contributed by atoms with Gasteiger partial charge in [0.25, 0.3) is 0 Å². The first-order chi connectivity index (χ1) is 11.8. The van der Waals surface area contributed by atoms with Crippen molar-refractivity contribution >= 4 is 17.2 Å². The summed E-state index contributed by atoms with van der Waals surface area (Å²) in [5.41, 5.74) is 1.64. The van der Waals surface area contributed by atoms with Crippen LogP contribution in [0.2, 0.25) is 0 Å². The topological polar surface area (TPSA) is 54.0 Å². The molecule has 1 amide bonds. The van der Waals surface area contributed by atoms with Crippen LogP contribution in [0, 0.1) is 11.3 Å². The Hall–Kier alpha value is -0.940. The van der Waals surface area contributed by atoms with Gasteiger partial charge in [0.1, 0.15) is 0 Å². The highest BCUT2D eigenvalue weighted by molar-refractivity contribution is 7.09. The van der Waals surface area contributed by atoms with E-state index < -0.39 is 0 Å². The molecule has 1 unspecified atom stereocenters. The van der Waals surface area contributed by atoms with Gasteiger partial charge >= 0.3 is 0 Å². The Bertz CT molecular complexity index is 573. The Morgan fingerprint density at radius 1 is 1.29 bits per heavy atom. The summed E-state index contributed by atoms with van der Waals surface area (Å²) in [5.74, 6) is 1.24. The summed E-state index contributed by atoms with van der Waals surface area (Å²) in [5, 5.41) is 9.99. The van der Waals surface area contributed by atoms with Crippen molar-refractivity contribution in [2.75, 3.05) is 19.6 Å². The largest absolute Gasteiger partial charge is 0.355 e. The second kappa shape index (κ2) is 7.12. The van der Waals surface area contributed by atoms with Crippen LogP contribution in [0.1, 0.15) is 68.0 Å². The van der Waals surface area contributed by atoms with Crippen LogP contribution in [0.5, 0.6) is 0 Å². The maximum Gasteiger partial charge on any atom is 0.223 e. The summed E-state index contributed by atoms with van der Waals surface area (Å²) < 4.78 is 0. The fourth-order valence-electron chi connectivity index (χ4n) is 4.64. The molecule has 1 aromatic rings. The first kappa shape index (κ1) is 16.5. The molecule has 1 aromatic heterocycles. The molecule has 1 atom stereocenters. The molecular formula is C19H29N3OS. The number of nitrogens with zero attached hydrogens (tertiary/aromatic N) is 1. The molecule has 2 heterocycles. The van der Waals surface area contributed by atoms with E-state index in [0.717, 1.165) is 32.5 Å². The normalized spacial score (nSPS) is 26.4. The molecule has 1 saturated heterocycles. The van der Waals surface area contributed by atoms with Crippen LogP contribution in [-0.4, -0.2) is 30.5 Å². The van der Waals surface area contributed by atoms with Gasteiger partial charge in [-0.05, 0) is 50.6 Å². The van der Waals surface area contributed by atoms with E-state index >= 15 is 0 Å². The van der Waals surface area contributed by atoms with E-state index in [0.29, 0.717) is 11.3 Å². The lowest BCUT2D eigenvalue weighted by molar-refractivity contribution is -0.123. The third-order valence-corrected chi connectivity index (χ3v) is 7.26. The minimum atomic E-state index is 0.272. The van der Waals surface area contributed by atoms with E-state index in [2.05, 4.69) is 16.0 Å². The minimum Gasteiger partial charge on any atom is -0.355 e. The van der Waals surface area contributed by atoms with Crippen LogP contribution in [0.4, 0.5) is 0 Å². The Balaban J connectivity index is 1.21. The molecule has 1 spiro atoms. The van der Waals surface area contributed by atoms with Crippen molar-refractivity contribution in [3.05, 3.63) is 16.1 Å². The van der Waals surface area contributed by atoms with Gasteiger partial charge in [-0.2, -0.15) is 0 Å². The fraction of sp³-hybridized carbons (Fsp3) is 0.789. The minimum absolute atomic E-state index is 0.272. The van der Waals surface area contributed by atoms with Crippen LogP contribution in [0.25, 0.3) is 0 Å². The first-order valence-electron chi connectivity index (χ1n) is 9.70. The highest BCUT2D eigenvalue weighted by atomic mass is 32.1.